The molecule has 1 saturated carbocycles. The van der Waals surface area contributed by atoms with Crippen LogP contribution in [-0.2, 0) is 16.0 Å². The van der Waals surface area contributed by atoms with Gasteiger partial charge in [-0.1, -0.05) is 6.07 Å². The standard InChI is InChI=1S/C12H11BrFNO3/c13-8-2-1-7(5-9(8)14)6-10(16)15-12(3-4-12)11(17)18/h1-2,5H,3-4,6H2,(H,15,16)(H,17,18). The van der Waals surface area contributed by atoms with Crippen LogP contribution in [0.1, 0.15) is 18.4 Å². The van der Waals surface area contributed by atoms with Crippen molar-refractivity contribution in [1.29, 1.82) is 0 Å². The normalized spacial score (nSPS) is 16.1. The minimum Gasteiger partial charge on any atom is -0.480 e. The molecule has 1 aromatic rings. The molecular weight excluding hydrogens is 305 g/mol. The Labute approximate surface area is 111 Å². The number of benzene rings is 1. The van der Waals surface area contributed by atoms with Gasteiger partial charge in [0, 0.05) is 0 Å². The van der Waals surface area contributed by atoms with Gasteiger partial charge < -0.3 is 10.4 Å². The zero-order valence-electron chi connectivity index (χ0n) is 9.37. The van der Waals surface area contributed by atoms with Crippen LogP contribution < -0.4 is 5.32 Å². The maximum atomic E-state index is 13.2. The Hall–Kier alpha value is -1.43. The molecule has 0 radical (unpaired) electrons. The molecule has 4 nitrogen and oxygen atoms in total. The van der Waals surface area contributed by atoms with Crippen LogP contribution in [-0.4, -0.2) is 22.5 Å². The van der Waals surface area contributed by atoms with Crippen LogP contribution in [0.15, 0.2) is 22.7 Å². The number of nitrogens with one attached hydrogen (secondary N) is 1. The lowest BCUT2D eigenvalue weighted by molar-refractivity contribution is -0.143. The molecule has 96 valence electrons. The van der Waals surface area contributed by atoms with Crippen LogP contribution in [0.5, 0.6) is 0 Å². The topological polar surface area (TPSA) is 66.4 Å². The number of carbonyl (C=O) groups is 2. The SMILES string of the molecule is O=C(Cc1ccc(Br)c(F)c1)NC1(C(=O)O)CC1. The predicted molar refractivity (Wildman–Crippen MR) is 65.5 cm³/mol. The Bertz CT molecular complexity index is 514. The summed E-state index contributed by atoms with van der Waals surface area (Å²) >= 11 is 3.02. The van der Waals surface area contributed by atoms with Gasteiger partial charge in [-0.3, -0.25) is 4.79 Å². The smallest absolute Gasteiger partial charge is 0.329 e. The summed E-state index contributed by atoms with van der Waals surface area (Å²) in [6.45, 7) is 0. The lowest BCUT2D eigenvalue weighted by Crippen LogP contribution is -2.43. The second-order valence-corrected chi connectivity index (χ2v) is 5.22. The van der Waals surface area contributed by atoms with E-state index in [9.17, 15) is 14.0 Å². The molecule has 1 aliphatic rings. The molecule has 0 aliphatic heterocycles. The summed E-state index contributed by atoms with van der Waals surface area (Å²) in [6.07, 6.45) is 0.866. The maximum absolute atomic E-state index is 13.2. The van der Waals surface area contributed by atoms with Crippen LogP contribution in [0.2, 0.25) is 0 Å². The molecule has 0 bridgehead atoms. The summed E-state index contributed by atoms with van der Waals surface area (Å²) in [5, 5.41) is 11.4. The van der Waals surface area contributed by atoms with E-state index in [2.05, 4.69) is 21.2 Å². The van der Waals surface area contributed by atoms with E-state index < -0.39 is 23.2 Å². The van der Waals surface area contributed by atoms with E-state index in [-0.39, 0.29) is 6.42 Å². The highest BCUT2D eigenvalue weighted by Gasteiger charge is 2.51. The monoisotopic (exact) mass is 315 g/mol. The van der Waals surface area contributed by atoms with Gasteiger partial charge in [-0.2, -0.15) is 0 Å². The summed E-state index contributed by atoms with van der Waals surface area (Å²) < 4.78 is 13.6. The first-order chi connectivity index (χ1) is 8.43. The molecule has 0 atom stereocenters. The van der Waals surface area contributed by atoms with Gasteiger partial charge in [-0.15, -0.1) is 0 Å². The zero-order chi connectivity index (χ0) is 13.3. The number of rotatable bonds is 4. The van der Waals surface area contributed by atoms with Crippen LogP contribution in [0.25, 0.3) is 0 Å². The second kappa shape index (κ2) is 4.68. The van der Waals surface area contributed by atoms with Crippen LogP contribution in [0, 0.1) is 5.82 Å². The lowest BCUT2D eigenvalue weighted by atomic mass is 10.1. The minimum absolute atomic E-state index is 0.0285. The maximum Gasteiger partial charge on any atom is 0.329 e. The van der Waals surface area contributed by atoms with Crippen LogP contribution in [0.3, 0.4) is 0 Å². The van der Waals surface area contributed by atoms with E-state index in [0.717, 1.165) is 0 Å². The highest BCUT2D eigenvalue weighted by atomic mass is 79.9. The van der Waals surface area contributed by atoms with Gasteiger partial charge in [0.25, 0.3) is 0 Å². The summed E-state index contributed by atoms with van der Waals surface area (Å²) in [4.78, 5) is 22.5. The number of aliphatic carboxylic acids is 1. The first-order valence-corrected chi connectivity index (χ1v) is 6.21. The average Bonchev–Trinajstić information content (AvgIpc) is 3.04. The third-order valence-electron chi connectivity index (χ3n) is 2.89. The van der Waals surface area contributed by atoms with E-state index in [1.54, 1.807) is 6.07 Å². The predicted octanol–water partition coefficient (Wildman–Crippen LogP) is 1.86. The van der Waals surface area contributed by atoms with E-state index in [1.807, 2.05) is 0 Å². The van der Waals surface area contributed by atoms with Crippen molar-refractivity contribution in [3.05, 3.63) is 34.1 Å². The van der Waals surface area contributed by atoms with Gasteiger partial charge in [-0.05, 0) is 46.5 Å². The van der Waals surface area contributed by atoms with Crippen molar-refractivity contribution in [2.24, 2.45) is 0 Å². The quantitative estimate of drug-likeness (QED) is 0.891. The van der Waals surface area contributed by atoms with E-state index in [1.165, 1.54) is 12.1 Å². The summed E-state index contributed by atoms with van der Waals surface area (Å²) in [6, 6.07) is 4.39. The summed E-state index contributed by atoms with van der Waals surface area (Å²) in [7, 11) is 0. The third kappa shape index (κ3) is 2.69. The molecule has 2 rings (SSSR count). The lowest BCUT2D eigenvalue weighted by Gasteiger charge is -2.12. The minimum atomic E-state index is -1.09. The molecule has 0 saturated heterocycles. The van der Waals surface area contributed by atoms with Gasteiger partial charge >= 0.3 is 5.97 Å². The van der Waals surface area contributed by atoms with Gasteiger partial charge in [0.2, 0.25) is 5.91 Å². The molecule has 2 N–H and O–H groups in total. The number of carboxylic acid groups (broad SMARTS) is 1. The fraction of sp³-hybridized carbons (Fsp3) is 0.333. The number of hydrogen-bond donors (Lipinski definition) is 2. The van der Waals surface area contributed by atoms with E-state index >= 15 is 0 Å². The fourth-order valence-electron chi connectivity index (χ4n) is 1.66. The molecule has 0 aromatic heterocycles. The van der Waals surface area contributed by atoms with Crippen molar-refractivity contribution in [3.63, 3.8) is 0 Å². The molecule has 1 fully saturated rings. The molecule has 0 spiro atoms. The summed E-state index contributed by atoms with van der Waals surface area (Å²) in [5.74, 6) is -1.87. The average molecular weight is 316 g/mol. The molecule has 0 heterocycles. The largest absolute Gasteiger partial charge is 0.480 e. The molecule has 0 unspecified atom stereocenters. The fourth-order valence-corrected chi connectivity index (χ4v) is 1.91. The van der Waals surface area contributed by atoms with E-state index in [0.29, 0.717) is 22.9 Å². The number of hydrogen-bond acceptors (Lipinski definition) is 2. The van der Waals surface area contributed by atoms with Gasteiger partial charge in [0.05, 0.1) is 10.9 Å². The Kier molecular flexibility index (Phi) is 3.38. The molecule has 1 amide bonds. The van der Waals surface area contributed by atoms with Crippen LogP contribution >= 0.6 is 15.9 Å². The van der Waals surface area contributed by atoms with Gasteiger partial charge in [0.1, 0.15) is 11.4 Å². The van der Waals surface area contributed by atoms with Crippen molar-refractivity contribution in [3.8, 4) is 0 Å². The zero-order valence-corrected chi connectivity index (χ0v) is 11.0. The third-order valence-corrected chi connectivity index (χ3v) is 3.53. The number of halogens is 2. The molecule has 18 heavy (non-hydrogen) atoms. The Morgan fingerprint density at radius 1 is 1.44 bits per heavy atom. The van der Waals surface area contributed by atoms with Crippen molar-refractivity contribution >= 4 is 27.8 Å². The highest BCUT2D eigenvalue weighted by molar-refractivity contribution is 9.10. The second-order valence-electron chi connectivity index (χ2n) is 4.36. The molecule has 1 aliphatic carbocycles. The summed E-state index contributed by atoms with van der Waals surface area (Å²) in [5.41, 5.74) is -0.584. The number of amides is 1. The Balaban J connectivity index is 1.99. The number of carbonyl (C=O) groups excluding carboxylic acids is 1. The van der Waals surface area contributed by atoms with Crippen molar-refractivity contribution < 1.29 is 19.1 Å². The molecular formula is C12H11BrFNO3. The van der Waals surface area contributed by atoms with Crippen molar-refractivity contribution in [2.45, 2.75) is 24.8 Å². The molecule has 6 heteroatoms. The Morgan fingerprint density at radius 3 is 2.61 bits per heavy atom. The van der Waals surface area contributed by atoms with Crippen molar-refractivity contribution in [1.82, 2.24) is 5.32 Å². The first-order valence-electron chi connectivity index (χ1n) is 5.41. The first kappa shape index (κ1) is 13.0. The van der Waals surface area contributed by atoms with E-state index in [4.69, 9.17) is 5.11 Å². The highest BCUT2D eigenvalue weighted by Crippen LogP contribution is 2.35. The van der Waals surface area contributed by atoms with Crippen LogP contribution in [0.4, 0.5) is 4.39 Å². The van der Waals surface area contributed by atoms with Crippen molar-refractivity contribution in [2.75, 3.05) is 0 Å². The van der Waals surface area contributed by atoms with Gasteiger partial charge in [-0.25, -0.2) is 9.18 Å². The number of carboxylic acids is 1. The molecule has 1 aromatic carbocycles. The van der Waals surface area contributed by atoms with Gasteiger partial charge in [0.15, 0.2) is 0 Å². The Morgan fingerprint density at radius 2 is 2.11 bits per heavy atom.